The Morgan fingerprint density at radius 3 is 2.43 bits per heavy atom. The molecule has 1 heterocycles. The fourth-order valence-electron chi connectivity index (χ4n) is 9.88. The van der Waals surface area contributed by atoms with Gasteiger partial charge in [0.05, 0.1) is 11.0 Å². The minimum Gasteiger partial charge on any atom is -0.460 e. The molecule has 0 aromatic rings. The van der Waals surface area contributed by atoms with E-state index in [9.17, 15) is 24.6 Å². The highest BCUT2D eigenvalue weighted by Crippen LogP contribution is 2.70. The van der Waals surface area contributed by atoms with Crippen LogP contribution in [0.1, 0.15) is 79.6 Å². The molecule has 1 saturated heterocycles. The Morgan fingerprint density at radius 1 is 1.03 bits per heavy atom. The second-order valence-electron chi connectivity index (χ2n) is 13.7. The smallest absolute Gasteiger partial charge is 0.338 e. The van der Waals surface area contributed by atoms with Crippen molar-refractivity contribution in [2.24, 2.45) is 39.9 Å². The van der Waals surface area contributed by atoms with Crippen LogP contribution in [0.3, 0.4) is 0 Å². The minimum absolute atomic E-state index is 0.0219. The van der Waals surface area contributed by atoms with E-state index >= 15 is 0 Å². The first kappa shape index (κ1) is 25.3. The van der Waals surface area contributed by atoms with E-state index in [4.69, 9.17) is 9.47 Å². The number of rotatable bonds is 2. The quantitative estimate of drug-likeness (QED) is 0.429. The van der Waals surface area contributed by atoms with E-state index in [2.05, 4.69) is 13.8 Å². The summed E-state index contributed by atoms with van der Waals surface area (Å²) < 4.78 is 11.7. The Morgan fingerprint density at radius 2 is 1.73 bits per heavy atom. The molecule has 37 heavy (non-hydrogen) atoms. The monoisotopic (exact) mass is 512 g/mol. The second-order valence-corrected chi connectivity index (χ2v) is 13.7. The Bertz CT molecular complexity index is 1140. The van der Waals surface area contributed by atoms with Crippen LogP contribution in [0.4, 0.5) is 0 Å². The number of ketones is 1. The normalized spacial score (nSPS) is 54.1. The van der Waals surface area contributed by atoms with Gasteiger partial charge in [0.15, 0.2) is 11.4 Å². The first-order chi connectivity index (χ1) is 17.2. The molecule has 0 amide bonds. The number of hydrogen-bond acceptors (Lipinski definition) is 7. The van der Waals surface area contributed by atoms with Gasteiger partial charge in [-0.25, -0.2) is 4.79 Å². The molecule has 2 bridgehead atoms. The summed E-state index contributed by atoms with van der Waals surface area (Å²) in [6.07, 6.45) is 9.30. The van der Waals surface area contributed by atoms with E-state index in [-0.39, 0.29) is 35.4 Å². The average molecular weight is 513 g/mol. The third-order valence-corrected chi connectivity index (χ3v) is 12.3. The summed E-state index contributed by atoms with van der Waals surface area (Å²) in [5.41, 5.74) is -3.41. The van der Waals surface area contributed by atoms with Gasteiger partial charge in [-0.1, -0.05) is 25.5 Å². The van der Waals surface area contributed by atoms with Gasteiger partial charge in [-0.15, -0.1) is 0 Å². The number of fused-ring (bicyclic) bond motifs is 7. The first-order valence-electron chi connectivity index (χ1n) is 13.9. The second kappa shape index (κ2) is 7.56. The molecule has 2 N–H and O–H groups in total. The van der Waals surface area contributed by atoms with Crippen LogP contribution in [-0.4, -0.2) is 51.3 Å². The number of carbonyl (C=O) groups excluding carboxylic acids is 3. The number of carbonyl (C=O) groups is 3. The largest absolute Gasteiger partial charge is 0.460 e. The zero-order valence-corrected chi connectivity index (χ0v) is 22.6. The lowest BCUT2D eigenvalue weighted by Gasteiger charge is -2.59. The van der Waals surface area contributed by atoms with Crippen LogP contribution in [0.5, 0.6) is 0 Å². The van der Waals surface area contributed by atoms with Gasteiger partial charge in [0.25, 0.3) is 0 Å². The summed E-state index contributed by atoms with van der Waals surface area (Å²) in [6.45, 7) is 9.11. The van der Waals surface area contributed by atoms with E-state index in [1.807, 2.05) is 19.1 Å². The van der Waals surface area contributed by atoms with Crippen LogP contribution in [0.15, 0.2) is 23.8 Å². The van der Waals surface area contributed by atoms with Crippen molar-refractivity contribution < 1.29 is 34.1 Å². The maximum Gasteiger partial charge on any atom is 0.338 e. The number of aliphatic hydroxyl groups is 2. The highest BCUT2D eigenvalue weighted by Gasteiger charge is 2.73. The molecule has 6 rings (SSSR count). The molecule has 0 unspecified atom stereocenters. The lowest BCUT2D eigenvalue weighted by Crippen LogP contribution is -2.61. The number of ether oxygens (including phenoxy) is 2. The van der Waals surface area contributed by atoms with E-state index in [1.54, 1.807) is 6.08 Å². The summed E-state index contributed by atoms with van der Waals surface area (Å²) in [5, 5.41) is 23.6. The van der Waals surface area contributed by atoms with Crippen molar-refractivity contribution in [3.8, 4) is 0 Å². The number of allylic oxidation sites excluding steroid dienone is 3. The van der Waals surface area contributed by atoms with E-state index in [0.717, 1.165) is 24.8 Å². The topological polar surface area (TPSA) is 110 Å². The van der Waals surface area contributed by atoms with Gasteiger partial charge in [-0.3, -0.25) is 9.59 Å². The average Bonchev–Trinajstić information content (AvgIpc) is 3.28. The highest BCUT2D eigenvalue weighted by molar-refractivity contribution is 5.98. The Labute approximate surface area is 218 Å². The SMILES string of the molecule is CC(=O)O[C@@H]1C=C2CC=CC(=O)[C@]2(C)[C@H]2CC[C@@]3(C)[C@@H](CC[C@@]3(O)[C@@H]3C[C@]4(C)C[C@H]3OC(=O)[C@]4(C)O)[C@H]12. The summed E-state index contributed by atoms with van der Waals surface area (Å²) in [5.74, 6) is -1.12. The van der Waals surface area contributed by atoms with Gasteiger partial charge < -0.3 is 19.7 Å². The maximum atomic E-state index is 13.3. The molecule has 3 saturated carbocycles. The van der Waals surface area contributed by atoms with Crippen molar-refractivity contribution in [1.29, 1.82) is 0 Å². The van der Waals surface area contributed by atoms with Gasteiger partial charge in [-0.05, 0) is 88.2 Å². The predicted molar refractivity (Wildman–Crippen MR) is 134 cm³/mol. The number of hydrogen-bond donors (Lipinski definition) is 2. The highest BCUT2D eigenvalue weighted by atomic mass is 16.6. The van der Waals surface area contributed by atoms with E-state index < -0.39 is 45.6 Å². The van der Waals surface area contributed by atoms with Crippen LogP contribution in [0.2, 0.25) is 0 Å². The summed E-state index contributed by atoms with van der Waals surface area (Å²) in [7, 11) is 0. The van der Waals surface area contributed by atoms with Crippen LogP contribution >= 0.6 is 0 Å². The van der Waals surface area contributed by atoms with Crippen molar-refractivity contribution in [2.75, 3.05) is 0 Å². The summed E-state index contributed by atoms with van der Waals surface area (Å²) >= 11 is 0. The van der Waals surface area contributed by atoms with Crippen molar-refractivity contribution in [3.63, 3.8) is 0 Å². The maximum absolute atomic E-state index is 13.3. The van der Waals surface area contributed by atoms with Crippen molar-refractivity contribution in [2.45, 2.75) is 103 Å². The molecular weight excluding hydrogens is 472 g/mol. The molecule has 0 spiro atoms. The molecule has 202 valence electrons. The third-order valence-electron chi connectivity index (χ3n) is 12.3. The fraction of sp³-hybridized carbons (Fsp3) is 0.767. The fourth-order valence-corrected chi connectivity index (χ4v) is 9.88. The zero-order chi connectivity index (χ0) is 26.8. The Balaban J connectivity index is 1.40. The molecule has 5 aliphatic carbocycles. The molecule has 0 radical (unpaired) electrons. The lowest BCUT2D eigenvalue weighted by molar-refractivity contribution is -0.201. The molecule has 0 aromatic heterocycles. The van der Waals surface area contributed by atoms with Gasteiger partial charge >= 0.3 is 11.9 Å². The summed E-state index contributed by atoms with van der Waals surface area (Å²) in [6, 6.07) is 0. The molecule has 0 aromatic carbocycles. The lowest BCUT2D eigenvalue weighted by atomic mass is 9.46. The van der Waals surface area contributed by atoms with Crippen molar-refractivity contribution >= 4 is 17.7 Å². The Hall–Kier alpha value is -1.99. The standard InChI is InChI=1S/C30H40O7/c1-16(31)36-21-13-17-7-6-8-23(32)28(17,4)19-9-11-27(3)18(24(19)21)10-12-30(27,35)20-14-26(2)15-22(20)37-25(33)29(26,5)34/h6,8,13,18-22,24,34-35H,7,9-12,14-15H2,1-5H3/t18-,19-,20+,21+,22+,24-,26+,27-,28-,29-,30+/m0/s1. The molecule has 6 aliphatic rings. The van der Waals surface area contributed by atoms with Crippen LogP contribution in [0, 0.1) is 39.9 Å². The van der Waals surface area contributed by atoms with Crippen LogP contribution in [-0.2, 0) is 23.9 Å². The van der Waals surface area contributed by atoms with Gasteiger partial charge in [-0.2, -0.15) is 0 Å². The molecule has 1 aliphatic heterocycles. The van der Waals surface area contributed by atoms with Crippen molar-refractivity contribution in [3.05, 3.63) is 23.8 Å². The first-order valence-corrected chi connectivity index (χ1v) is 13.9. The van der Waals surface area contributed by atoms with E-state index in [1.165, 1.54) is 13.8 Å². The van der Waals surface area contributed by atoms with Crippen molar-refractivity contribution in [1.82, 2.24) is 0 Å². The van der Waals surface area contributed by atoms with E-state index in [0.29, 0.717) is 25.7 Å². The predicted octanol–water partition coefficient (Wildman–Crippen LogP) is 3.66. The van der Waals surface area contributed by atoms with Gasteiger partial charge in [0.1, 0.15) is 12.2 Å². The molecule has 7 heteroatoms. The number of esters is 2. The van der Waals surface area contributed by atoms with Crippen LogP contribution < -0.4 is 0 Å². The molecule has 4 fully saturated rings. The van der Waals surface area contributed by atoms with Gasteiger partial charge in [0, 0.05) is 24.2 Å². The minimum atomic E-state index is -1.58. The van der Waals surface area contributed by atoms with Gasteiger partial charge in [0.2, 0.25) is 0 Å². The summed E-state index contributed by atoms with van der Waals surface area (Å²) in [4.78, 5) is 38.2. The molecule has 7 nitrogen and oxygen atoms in total. The molecule has 11 atom stereocenters. The molecular formula is C30H40O7. The van der Waals surface area contributed by atoms with Crippen LogP contribution in [0.25, 0.3) is 0 Å². The zero-order valence-electron chi connectivity index (χ0n) is 22.6. The Kier molecular flexibility index (Phi) is 5.17. The third kappa shape index (κ3) is 2.99.